The summed E-state index contributed by atoms with van der Waals surface area (Å²) in [6.07, 6.45) is 0. The van der Waals surface area contributed by atoms with E-state index in [-0.39, 0.29) is 5.97 Å². The Hall–Kier alpha value is -3.02. The van der Waals surface area contributed by atoms with Gasteiger partial charge in [-0.25, -0.2) is 9.59 Å². The minimum Gasteiger partial charge on any atom is -0.492 e. The highest BCUT2D eigenvalue weighted by Crippen LogP contribution is 2.14. The summed E-state index contributed by atoms with van der Waals surface area (Å²) in [7, 11) is 0. The van der Waals surface area contributed by atoms with Crippen LogP contribution in [0.15, 0.2) is 57.7 Å². The van der Waals surface area contributed by atoms with Gasteiger partial charge in [0.05, 0.1) is 24.2 Å². The number of hydrogen-bond donors (Lipinski definition) is 0. The van der Waals surface area contributed by atoms with Crippen LogP contribution in [0.2, 0.25) is 0 Å². The standard InChI is InChI=1S/C18H17NO5/c1-2-22-17(20)13-7-9-14(10-8-13)23-12-11-19-15-5-3-4-6-16(15)24-18(19)21/h3-10H,2,11-12H2,1H3. The van der Waals surface area contributed by atoms with E-state index < -0.39 is 5.76 Å². The van der Waals surface area contributed by atoms with Crippen molar-refractivity contribution in [1.29, 1.82) is 0 Å². The molecule has 0 saturated heterocycles. The lowest BCUT2D eigenvalue weighted by Crippen LogP contribution is -2.18. The van der Waals surface area contributed by atoms with Crippen molar-refractivity contribution in [2.45, 2.75) is 13.5 Å². The summed E-state index contributed by atoms with van der Waals surface area (Å²) in [4.78, 5) is 23.4. The Morgan fingerprint density at radius 1 is 1.12 bits per heavy atom. The van der Waals surface area contributed by atoms with Gasteiger partial charge < -0.3 is 13.9 Å². The molecule has 3 rings (SSSR count). The fourth-order valence-corrected chi connectivity index (χ4v) is 2.38. The maximum absolute atomic E-state index is 11.9. The molecule has 1 aromatic heterocycles. The quantitative estimate of drug-likeness (QED) is 0.651. The van der Waals surface area contributed by atoms with Gasteiger partial charge in [0.25, 0.3) is 0 Å². The van der Waals surface area contributed by atoms with Crippen molar-refractivity contribution in [2.24, 2.45) is 0 Å². The largest absolute Gasteiger partial charge is 0.492 e. The molecule has 0 bridgehead atoms. The third-order valence-corrected chi connectivity index (χ3v) is 3.52. The molecule has 0 aliphatic carbocycles. The highest BCUT2D eigenvalue weighted by atomic mass is 16.5. The first-order chi connectivity index (χ1) is 11.7. The zero-order valence-corrected chi connectivity index (χ0v) is 13.2. The van der Waals surface area contributed by atoms with Crippen LogP contribution < -0.4 is 10.5 Å². The number of benzene rings is 2. The number of ether oxygens (including phenoxy) is 2. The zero-order chi connectivity index (χ0) is 16.9. The summed E-state index contributed by atoms with van der Waals surface area (Å²) in [5, 5.41) is 0. The Bertz CT molecular complexity index is 892. The van der Waals surface area contributed by atoms with E-state index in [9.17, 15) is 9.59 Å². The number of oxazole rings is 1. The number of carbonyl (C=O) groups excluding carboxylic acids is 1. The molecule has 0 aliphatic heterocycles. The summed E-state index contributed by atoms with van der Waals surface area (Å²) in [6, 6.07) is 13.9. The van der Waals surface area contributed by atoms with E-state index in [0.29, 0.717) is 36.7 Å². The molecule has 6 nitrogen and oxygen atoms in total. The summed E-state index contributed by atoms with van der Waals surface area (Å²) in [5.41, 5.74) is 1.77. The maximum Gasteiger partial charge on any atom is 0.420 e. The number of carbonyl (C=O) groups is 1. The van der Waals surface area contributed by atoms with Gasteiger partial charge in [0.1, 0.15) is 12.4 Å². The SMILES string of the molecule is CCOC(=O)c1ccc(OCCn2c(=O)oc3ccccc32)cc1. The molecule has 6 heteroatoms. The van der Waals surface area contributed by atoms with E-state index in [4.69, 9.17) is 13.9 Å². The van der Waals surface area contributed by atoms with Crippen LogP contribution in [0, 0.1) is 0 Å². The van der Waals surface area contributed by atoms with E-state index >= 15 is 0 Å². The lowest BCUT2D eigenvalue weighted by Gasteiger charge is -2.07. The van der Waals surface area contributed by atoms with E-state index in [2.05, 4.69) is 0 Å². The van der Waals surface area contributed by atoms with Crippen LogP contribution in [0.5, 0.6) is 5.75 Å². The van der Waals surface area contributed by atoms with Gasteiger partial charge in [-0.15, -0.1) is 0 Å². The monoisotopic (exact) mass is 327 g/mol. The lowest BCUT2D eigenvalue weighted by molar-refractivity contribution is 0.0526. The summed E-state index contributed by atoms with van der Waals surface area (Å²) >= 11 is 0. The molecule has 0 saturated carbocycles. The topological polar surface area (TPSA) is 70.7 Å². The van der Waals surface area contributed by atoms with Gasteiger partial charge in [0.15, 0.2) is 5.58 Å². The highest BCUT2D eigenvalue weighted by Gasteiger charge is 2.09. The van der Waals surface area contributed by atoms with Crippen molar-refractivity contribution < 1.29 is 18.7 Å². The average molecular weight is 327 g/mol. The molecule has 0 atom stereocenters. The minimum atomic E-state index is -0.405. The fourth-order valence-electron chi connectivity index (χ4n) is 2.38. The second kappa shape index (κ2) is 7.04. The Balaban J connectivity index is 1.63. The van der Waals surface area contributed by atoms with Gasteiger partial charge in [0, 0.05) is 0 Å². The summed E-state index contributed by atoms with van der Waals surface area (Å²) in [5.74, 6) is -0.151. The molecule has 2 aromatic carbocycles. The number of esters is 1. The van der Waals surface area contributed by atoms with Crippen LogP contribution in [0.1, 0.15) is 17.3 Å². The van der Waals surface area contributed by atoms with Crippen LogP contribution >= 0.6 is 0 Å². The van der Waals surface area contributed by atoms with Crippen molar-refractivity contribution >= 4 is 17.1 Å². The van der Waals surface area contributed by atoms with Crippen LogP contribution in [-0.4, -0.2) is 23.8 Å². The van der Waals surface area contributed by atoms with Gasteiger partial charge in [0.2, 0.25) is 0 Å². The van der Waals surface area contributed by atoms with Gasteiger partial charge in [-0.1, -0.05) is 12.1 Å². The highest BCUT2D eigenvalue weighted by molar-refractivity contribution is 5.89. The third kappa shape index (κ3) is 3.32. The number of hydrogen-bond acceptors (Lipinski definition) is 5. The number of rotatable bonds is 6. The predicted molar refractivity (Wildman–Crippen MR) is 88.4 cm³/mol. The third-order valence-electron chi connectivity index (χ3n) is 3.52. The molecule has 0 aliphatic rings. The zero-order valence-electron chi connectivity index (χ0n) is 13.2. The number of para-hydroxylation sites is 2. The lowest BCUT2D eigenvalue weighted by atomic mass is 10.2. The maximum atomic E-state index is 11.9. The van der Waals surface area contributed by atoms with E-state index in [1.165, 1.54) is 4.57 Å². The number of aromatic nitrogens is 1. The van der Waals surface area contributed by atoms with Gasteiger partial charge in [-0.2, -0.15) is 0 Å². The first-order valence-electron chi connectivity index (χ1n) is 7.67. The molecule has 0 N–H and O–H groups in total. The number of fused-ring (bicyclic) bond motifs is 1. The smallest absolute Gasteiger partial charge is 0.420 e. The van der Waals surface area contributed by atoms with Crippen LogP contribution in [-0.2, 0) is 11.3 Å². The first kappa shape index (κ1) is 15.9. The molecule has 0 fully saturated rings. The minimum absolute atomic E-state index is 0.308. The molecule has 24 heavy (non-hydrogen) atoms. The number of nitrogens with zero attached hydrogens (tertiary/aromatic N) is 1. The van der Waals surface area contributed by atoms with Crippen LogP contribution in [0.3, 0.4) is 0 Å². The molecular weight excluding hydrogens is 310 g/mol. The fraction of sp³-hybridized carbons (Fsp3) is 0.222. The van der Waals surface area contributed by atoms with Gasteiger partial charge in [-0.3, -0.25) is 4.57 Å². The van der Waals surface area contributed by atoms with E-state index in [0.717, 1.165) is 5.52 Å². The Morgan fingerprint density at radius 2 is 1.88 bits per heavy atom. The van der Waals surface area contributed by atoms with Gasteiger partial charge >= 0.3 is 11.7 Å². The Morgan fingerprint density at radius 3 is 2.62 bits per heavy atom. The molecule has 0 unspecified atom stereocenters. The van der Waals surface area contributed by atoms with Crippen molar-refractivity contribution in [1.82, 2.24) is 4.57 Å². The average Bonchev–Trinajstić information content (AvgIpc) is 2.91. The van der Waals surface area contributed by atoms with Crippen LogP contribution in [0.4, 0.5) is 0 Å². The molecule has 0 amide bonds. The molecule has 3 aromatic rings. The van der Waals surface area contributed by atoms with Crippen molar-refractivity contribution in [3.8, 4) is 5.75 Å². The predicted octanol–water partition coefficient (Wildman–Crippen LogP) is 2.85. The van der Waals surface area contributed by atoms with Crippen molar-refractivity contribution in [3.63, 3.8) is 0 Å². The van der Waals surface area contributed by atoms with E-state index in [1.54, 1.807) is 37.3 Å². The van der Waals surface area contributed by atoms with Crippen LogP contribution in [0.25, 0.3) is 11.1 Å². The Kier molecular flexibility index (Phi) is 4.65. The Labute approximate surface area is 138 Å². The molecular formula is C18H17NO5. The second-order valence-electron chi connectivity index (χ2n) is 5.08. The molecule has 124 valence electrons. The molecule has 1 heterocycles. The second-order valence-corrected chi connectivity index (χ2v) is 5.08. The molecule has 0 radical (unpaired) electrons. The van der Waals surface area contributed by atoms with Crippen molar-refractivity contribution in [2.75, 3.05) is 13.2 Å². The van der Waals surface area contributed by atoms with Gasteiger partial charge in [-0.05, 0) is 43.3 Å². The van der Waals surface area contributed by atoms with E-state index in [1.807, 2.05) is 18.2 Å². The summed E-state index contributed by atoms with van der Waals surface area (Å²) in [6.45, 7) is 2.78. The summed E-state index contributed by atoms with van der Waals surface area (Å²) < 4.78 is 17.2. The van der Waals surface area contributed by atoms with Crippen molar-refractivity contribution in [3.05, 3.63) is 64.6 Å². The normalized spacial score (nSPS) is 10.7. The molecule has 0 spiro atoms. The first-order valence-corrected chi connectivity index (χ1v) is 7.67.